The van der Waals surface area contributed by atoms with Crippen molar-refractivity contribution in [2.24, 2.45) is 5.92 Å². The van der Waals surface area contributed by atoms with Gasteiger partial charge in [0.1, 0.15) is 0 Å². The monoisotopic (exact) mass is 275 g/mol. The molecule has 0 aromatic heterocycles. The third-order valence-electron chi connectivity index (χ3n) is 4.44. The molecule has 0 amide bonds. The van der Waals surface area contributed by atoms with E-state index in [2.05, 4.69) is 42.2 Å². The topological polar surface area (TPSA) is 40.5 Å². The first-order chi connectivity index (χ1) is 9.70. The standard InChI is InChI=1S/C17H25NO2/c1-2-14-13-18(11-6-9-17(19)20)12-10-16(14)15-7-4-3-5-8-15/h3-5,7-8,14,16H,2,6,9-13H2,1H3,(H,19,20). The van der Waals surface area contributed by atoms with E-state index in [9.17, 15) is 4.79 Å². The van der Waals surface area contributed by atoms with Gasteiger partial charge in [-0.2, -0.15) is 0 Å². The predicted molar refractivity (Wildman–Crippen MR) is 80.9 cm³/mol. The molecule has 1 aromatic carbocycles. The van der Waals surface area contributed by atoms with Crippen molar-refractivity contribution >= 4 is 5.97 Å². The minimum atomic E-state index is -0.684. The van der Waals surface area contributed by atoms with E-state index in [4.69, 9.17) is 5.11 Å². The fourth-order valence-electron chi connectivity index (χ4n) is 3.32. The van der Waals surface area contributed by atoms with Gasteiger partial charge in [-0.05, 0) is 43.3 Å². The Balaban J connectivity index is 1.89. The van der Waals surface area contributed by atoms with Crippen molar-refractivity contribution in [1.82, 2.24) is 4.90 Å². The lowest BCUT2D eigenvalue weighted by molar-refractivity contribution is -0.137. The number of hydrogen-bond acceptors (Lipinski definition) is 2. The molecule has 0 bridgehead atoms. The van der Waals surface area contributed by atoms with Crippen LogP contribution in [0.5, 0.6) is 0 Å². The molecule has 110 valence electrons. The number of nitrogens with zero attached hydrogens (tertiary/aromatic N) is 1. The number of benzene rings is 1. The summed E-state index contributed by atoms with van der Waals surface area (Å²) in [5.41, 5.74) is 1.46. The van der Waals surface area contributed by atoms with Gasteiger partial charge in [-0.3, -0.25) is 4.79 Å². The summed E-state index contributed by atoms with van der Waals surface area (Å²) in [5, 5.41) is 8.71. The van der Waals surface area contributed by atoms with Crippen LogP contribution in [0.1, 0.15) is 44.1 Å². The fraction of sp³-hybridized carbons (Fsp3) is 0.588. The lowest BCUT2D eigenvalue weighted by Gasteiger charge is -2.38. The molecular formula is C17H25NO2. The summed E-state index contributed by atoms with van der Waals surface area (Å²) < 4.78 is 0. The molecule has 1 saturated heterocycles. The van der Waals surface area contributed by atoms with Gasteiger partial charge in [0.25, 0.3) is 0 Å². The first-order valence-corrected chi connectivity index (χ1v) is 7.69. The van der Waals surface area contributed by atoms with Gasteiger partial charge in [0.2, 0.25) is 0 Å². The Hall–Kier alpha value is -1.35. The number of aliphatic carboxylic acids is 1. The van der Waals surface area contributed by atoms with Crippen molar-refractivity contribution < 1.29 is 9.90 Å². The van der Waals surface area contributed by atoms with Gasteiger partial charge in [-0.15, -0.1) is 0 Å². The highest BCUT2D eigenvalue weighted by atomic mass is 16.4. The smallest absolute Gasteiger partial charge is 0.303 e. The van der Waals surface area contributed by atoms with Crippen LogP contribution < -0.4 is 0 Å². The minimum Gasteiger partial charge on any atom is -0.481 e. The summed E-state index contributed by atoms with van der Waals surface area (Å²) in [5.74, 6) is 0.670. The van der Waals surface area contributed by atoms with Gasteiger partial charge in [-0.25, -0.2) is 0 Å². The zero-order valence-corrected chi connectivity index (χ0v) is 12.3. The van der Waals surface area contributed by atoms with Gasteiger partial charge in [0.05, 0.1) is 0 Å². The molecule has 0 radical (unpaired) electrons. The second-order valence-corrected chi connectivity index (χ2v) is 5.77. The van der Waals surface area contributed by atoms with Crippen LogP contribution in [0.3, 0.4) is 0 Å². The Bertz CT molecular complexity index is 418. The van der Waals surface area contributed by atoms with Crippen LogP contribution in [0.15, 0.2) is 30.3 Å². The van der Waals surface area contributed by atoms with E-state index in [1.54, 1.807) is 0 Å². The van der Waals surface area contributed by atoms with Crippen LogP contribution in [0, 0.1) is 5.92 Å². The van der Waals surface area contributed by atoms with Gasteiger partial charge in [0, 0.05) is 13.0 Å². The summed E-state index contributed by atoms with van der Waals surface area (Å²) in [6.07, 6.45) is 3.43. The lowest BCUT2D eigenvalue weighted by atomic mass is 9.79. The Morgan fingerprint density at radius 2 is 2.10 bits per heavy atom. The van der Waals surface area contributed by atoms with Crippen molar-refractivity contribution in [1.29, 1.82) is 0 Å². The maximum atomic E-state index is 10.6. The number of carbonyl (C=O) groups is 1. The summed E-state index contributed by atoms with van der Waals surface area (Å²) in [7, 11) is 0. The largest absolute Gasteiger partial charge is 0.481 e. The first-order valence-electron chi connectivity index (χ1n) is 7.69. The highest BCUT2D eigenvalue weighted by Gasteiger charge is 2.28. The van der Waals surface area contributed by atoms with E-state index >= 15 is 0 Å². The van der Waals surface area contributed by atoms with Crippen molar-refractivity contribution in [3.05, 3.63) is 35.9 Å². The second kappa shape index (κ2) is 7.44. The first kappa shape index (κ1) is 15.0. The van der Waals surface area contributed by atoms with Crippen molar-refractivity contribution in [2.75, 3.05) is 19.6 Å². The zero-order chi connectivity index (χ0) is 14.4. The highest BCUT2D eigenvalue weighted by Crippen LogP contribution is 2.34. The highest BCUT2D eigenvalue weighted by molar-refractivity contribution is 5.66. The predicted octanol–water partition coefficient (Wildman–Crippen LogP) is 3.37. The van der Waals surface area contributed by atoms with E-state index in [0.29, 0.717) is 11.8 Å². The number of carboxylic acids is 1. The van der Waals surface area contributed by atoms with E-state index in [1.165, 1.54) is 18.4 Å². The Morgan fingerprint density at radius 1 is 1.35 bits per heavy atom. The Kier molecular flexibility index (Phi) is 5.60. The van der Waals surface area contributed by atoms with E-state index in [-0.39, 0.29) is 6.42 Å². The Labute approximate surface area is 121 Å². The molecule has 3 nitrogen and oxygen atoms in total. The third-order valence-corrected chi connectivity index (χ3v) is 4.44. The summed E-state index contributed by atoms with van der Waals surface area (Å²) >= 11 is 0. The van der Waals surface area contributed by atoms with Gasteiger partial charge < -0.3 is 10.0 Å². The number of hydrogen-bond donors (Lipinski definition) is 1. The van der Waals surface area contributed by atoms with Crippen LogP contribution in [0.2, 0.25) is 0 Å². The van der Waals surface area contributed by atoms with Crippen LogP contribution in [0.4, 0.5) is 0 Å². The molecule has 1 aliphatic rings. The van der Waals surface area contributed by atoms with E-state index in [1.807, 2.05) is 0 Å². The molecule has 1 N–H and O–H groups in total. The van der Waals surface area contributed by atoms with Gasteiger partial charge in [0.15, 0.2) is 0 Å². The SMILES string of the molecule is CCC1CN(CCCC(=O)O)CCC1c1ccccc1. The van der Waals surface area contributed by atoms with Crippen LogP contribution >= 0.6 is 0 Å². The molecule has 3 heteroatoms. The molecular weight excluding hydrogens is 250 g/mol. The van der Waals surface area contributed by atoms with Crippen molar-refractivity contribution in [2.45, 2.75) is 38.5 Å². The van der Waals surface area contributed by atoms with Crippen LogP contribution in [-0.2, 0) is 4.79 Å². The normalized spacial score (nSPS) is 23.6. The molecule has 1 fully saturated rings. The van der Waals surface area contributed by atoms with Gasteiger partial charge >= 0.3 is 5.97 Å². The molecule has 2 rings (SSSR count). The maximum absolute atomic E-state index is 10.6. The third kappa shape index (κ3) is 4.07. The molecule has 0 spiro atoms. The zero-order valence-electron chi connectivity index (χ0n) is 12.3. The average Bonchev–Trinajstić information content (AvgIpc) is 2.47. The molecule has 2 atom stereocenters. The maximum Gasteiger partial charge on any atom is 0.303 e. The lowest BCUT2D eigenvalue weighted by Crippen LogP contribution is -2.39. The van der Waals surface area contributed by atoms with Crippen molar-refractivity contribution in [3.63, 3.8) is 0 Å². The minimum absolute atomic E-state index is 0.287. The van der Waals surface area contributed by atoms with E-state index < -0.39 is 5.97 Å². The molecule has 20 heavy (non-hydrogen) atoms. The summed E-state index contributed by atoms with van der Waals surface area (Å²) in [6, 6.07) is 10.8. The van der Waals surface area contributed by atoms with E-state index in [0.717, 1.165) is 26.1 Å². The van der Waals surface area contributed by atoms with Crippen molar-refractivity contribution in [3.8, 4) is 0 Å². The number of rotatable bonds is 6. The van der Waals surface area contributed by atoms with Gasteiger partial charge in [-0.1, -0.05) is 43.7 Å². The van der Waals surface area contributed by atoms with Crippen LogP contribution in [0.25, 0.3) is 0 Å². The molecule has 0 aliphatic carbocycles. The molecule has 1 heterocycles. The molecule has 1 aromatic rings. The number of likely N-dealkylation sites (tertiary alicyclic amines) is 1. The second-order valence-electron chi connectivity index (χ2n) is 5.77. The summed E-state index contributed by atoms with van der Waals surface area (Å²) in [6.45, 7) is 5.39. The molecule has 0 saturated carbocycles. The molecule has 2 unspecified atom stereocenters. The fourth-order valence-corrected chi connectivity index (χ4v) is 3.32. The van der Waals surface area contributed by atoms with Crippen LogP contribution in [-0.4, -0.2) is 35.6 Å². The average molecular weight is 275 g/mol. The molecule has 1 aliphatic heterocycles. The number of piperidine rings is 1. The Morgan fingerprint density at radius 3 is 2.75 bits per heavy atom. The summed E-state index contributed by atoms with van der Waals surface area (Å²) in [4.78, 5) is 13.0. The number of carboxylic acid groups (broad SMARTS) is 1. The quantitative estimate of drug-likeness (QED) is 0.865.